The first-order valence-electron chi connectivity index (χ1n) is 8.45. The zero-order valence-corrected chi connectivity index (χ0v) is 16.3. The van der Waals surface area contributed by atoms with Crippen molar-refractivity contribution in [2.45, 2.75) is 26.4 Å². The molecule has 7 heteroatoms. The number of alkyl carbamates (subject to hydrolysis) is 1. The molecule has 6 nitrogen and oxygen atoms in total. The van der Waals surface area contributed by atoms with Crippen molar-refractivity contribution in [2.75, 3.05) is 13.2 Å². The number of amides is 2. The molecule has 0 aliphatic heterocycles. The third-order valence-electron chi connectivity index (χ3n) is 3.41. The molecule has 2 aromatic carbocycles. The number of halogens is 1. The van der Waals surface area contributed by atoms with Crippen molar-refractivity contribution in [3.63, 3.8) is 0 Å². The molecule has 3 N–H and O–H groups in total. The molecular formula is C20H23ClN2O4. The van der Waals surface area contributed by atoms with Crippen LogP contribution in [-0.2, 0) is 4.74 Å². The van der Waals surface area contributed by atoms with Crippen LogP contribution in [0.1, 0.15) is 31.1 Å². The molecule has 0 radical (unpaired) electrons. The lowest BCUT2D eigenvalue weighted by Gasteiger charge is -2.19. The molecule has 0 heterocycles. The second-order valence-electron chi connectivity index (χ2n) is 6.87. The van der Waals surface area contributed by atoms with Crippen LogP contribution in [0.25, 0.3) is 11.1 Å². The zero-order chi connectivity index (χ0) is 20.0. The van der Waals surface area contributed by atoms with Crippen molar-refractivity contribution in [2.24, 2.45) is 5.73 Å². The molecule has 2 aromatic rings. The van der Waals surface area contributed by atoms with Gasteiger partial charge in [-0.2, -0.15) is 0 Å². The highest BCUT2D eigenvalue weighted by molar-refractivity contribution is 6.33. The van der Waals surface area contributed by atoms with Gasteiger partial charge in [-0.3, -0.25) is 4.79 Å². The van der Waals surface area contributed by atoms with Crippen molar-refractivity contribution in [1.82, 2.24) is 5.32 Å². The van der Waals surface area contributed by atoms with Gasteiger partial charge in [0.25, 0.3) is 0 Å². The Balaban J connectivity index is 2.07. The Kier molecular flexibility index (Phi) is 6.69. The van der Waals surface area contributed by atoms with Crippen LogP contribution in [0.3, 0.4) is 0 Å². The van der Waals surface area contributed by atoms with E-state index in [2.05, 4.69) is 5.32 Å². The second-order valence-corrected chi connectivity index (χ2v) is 7.27. The SMILES string of the molecule is CC(C)(C)OC(=O)NCCOc1cc(C(N)=O)cc(-c2ccccc2Cl)c1. The number of nitrogens with two attached hydrogens (primary N) is 1. The van der Waals surface area contributed by atoms with E-state index >= 15 is 0 Å². The Morgan fingerprint density at radius 1 is 1.15 bits per heavy atom. The minimum absolute atomic E-state index is 0.198. The fourth-order valence-electron chi connectivity index (χ4n) is 2.31. The highest BCUT2D eigenvalue weighted by Gasteiger charge is 2.15. The number of primary amides is 1. The first-order chi connectivity index (χ1) is 12.7. The summed E-state index contributed by atoms with van der Waals surface area (Å²) in [5, 5.41) is 3.16. The fourth-order valence-corrected chi connectivity index (χ4v) is 2.56. The van der Waals surface area contributed by atoms with Gasteiger partial charge in [-0.05, 0) is 50.6 Å². The summed E-state index contributed by atoms with van der Waals surface area (Å²) in [5.74, 6) is -0.118. The molecule has 0 aliphatic carbocycles. The largest absolute Gasteiger partial charge is 0.492 e. The van der Waals surface area contributed by atoms with Gasteiger partial charge in [0.15, 0.2) is 0 Å². The van der Waals surface area contributed by atoms with Crippen LogP contribution in [0.5, 0.6) is 5.75 Å². The molecule has 0 unspecified atom stereocenters. The van der Waals surface area contributed by atoms with Crippen LogP contribution in [0, 0.1) is 0 Å². The van der Waals surface area contributed by atoms with Crippen LogP contribution in [0.2, 0.25) is 5.02 Å². The van der Waals surface area contributed by atoms with Crippen LogP contribution in [-0.4, -0.2) is 30.8 Å². The van der Waals surface area contributed by atoms with Gasteiger partial charge in [-0.25, -0.2) is 4.79 Å². The van der Waals surface area contributed by atoms with Gasteiger partial charge in [0.2, 0.25) is 5.91 Å². The summed E-state index contributed by atoms with van der Waals surface area (Å²) in [7, 11) is 0. The highest BCUT2D eigenvalue weighted by Crippen LogP contribution is 2.31. The third kappa shape index (κ3) is 6.49. The van der Waals surface area contributed by atoms with Gasteiger partial charge < -0.3 is 20.5 Å². The average molecular weight is 391 g/mol. The lowest BCUT2D eigenvalue weighted by atomic mass is 10.0. The lowest BCUT2D eigenvalue weighted by molar-refractivity contribution is 0.0520. The number of hydrogen-bond acceptors (Lipinski definition) is 4. The zero-order valence-electron chi connectivity index (χ0n) is 15.5. The van der Waals surface area contributed by atoms with Crippen molar-refractivity contribution in [3.8, 4) is 16.9 Å². The van der Waals surface area contributed by atoms with E-state index < -0.39 is 17.6 Å². The molecule has 0 spiro atoms. The predicted octanol–water partition coefficient (Wildman–Crippen LogP) is 4.01. The summed E-state index contributed by atoms with van der Waals surface area (Å²) in [6.45, 7) is 5.80. The molecule has 0 atom stereocenters. The quantitative estimate of drug-likeness (QED) is 0.729. The second kappa shape index (κ2) is 8.77. The van der Waals surface area contributed by atoms with Gasteiger partial charge in [0.1, 0.15) is 18.0 Å². The molecule has 2 amide bonds. The monoisotopic (exact) mass is 390 g/mol. The van der Waals surface area contributed by atoms with E-state index in [-0.39, 0.29) is 13.2 Å². The van der Waals surface area contributed by atoms with Crippen LogP contribution in [0.15, 0.2) is 42.5 Å². The van der Waals surface area contributed by atoms with Gasteiger partial charge in [-0.15, -0.1) is 0 Å². The van der Waals surface area contributed by atoms with E-state index in [1.807, 2.05) is 18.2 Å². The smallest absolute Gasteiger partial charge is 0.407 e. The van der Waals surface area contributed by atoms with Gasteiger partial charge >= 0.3 is 6.09 Å². The van der Waals surface area contributed by atoms with E-state index in [0.717, 1.165) is 5.56 Å². The molecular weight excluding hydrogens is 368 g/mol. The van der Waals surface area contributed by atoms with Crippen LogP contribution < -0.4 is 15.8 Å². The number of nitrogens with one attached hydrogen (secondary N) is 1. The maximum Gasteiger partial charge on any atom is 0.407 e. The third-order valence-corrected chi connectivity index (χ3v) is 3.74. The number of rotatable bonds is 6. The Morgan fingerprint density at radius 2 is 1.85 bits per heavy atom. The topological polar surface area (TPSA) is 90.7 Å². The van der Waals surface area contributed by atoms with Crippen molar-refractivity contribution in [3.05, 3.63) is 53.1 Å². The van der Waals surface area contributed by atoms with Crippen molar-refractivity contribution in [1.29, 1.82) is 0 Å². The number of carbonyl (C=O) groups is 2. The molecule has 0 aromatic heterocycles. The number of benzene rings is 2. The van der Waals surface area contributed by atoms with Crippen molar-refractivity contribution >= 4 is 23.6 Å². The van der Waals surface area contributed by atoms with Gasteiger partial charge in [0.05, 0.1) is 6.54 Å². The molecule has 0 saturated carbocycles. The summed E-state index contributed by atoms with van der Waals surface area (Å²) in [6.07, 6.45) is -0.520. The molecule has 144 valence electrons. The Hall–Kier alpha value is -2.73. The first-order valence-corrected chi connectivity index (χ1v) is 8.83. The molecule has 0 bridgehead atoms. The van der Waals surface area contributed by atoms with E-state index in [4.69, 9.17) is 26.8 Å². The maximum absolute atomic E-state index is 11.6. The summed E-state index contributed by atoms with van der Waals surface area (Å²) in [4.78, 5) is 23.3. The Bertz CT molecular complexity index is 831. The number of carbonyl (C=O) groups excluding carboxylic acids is 2. The molecule has 27 heavy (non-hydrogen) atoms. The van der Waals surface area contributed by atoms with Gasteiger partial charge in [-0.1, -0.05) is 29.8 Å². The minimum Gasteiger partial charge on any atom is -0.492 e. The van der Waals surface area contributed by atoms with E-state index in [0.29, 0.717) is 21.9 Å². The van der Waals surface area contributed by atoms with E-state index in [9.17, 15) is 9.59 Å². The summed E-state index contributed by atoms with van der Waals surface area (Å²) < 4.78 is 10.8. The molecule has 0 saturated heterocycles. The van der Waals surface area contributed by atoms with Crippen LogP contribution >= 0.6 is 11.6 Å². The molecule has 2 rings (SSSR count). The lowest BCUT2D eigenvalue weighted by Crippen LogP contribution is -2.34. The Morgan fingerprint density at radius 3 is 2.48 bits per heavy atom. The highest BCUT2D eigenvalue weighted by atomic mass is 35.5. The maximum atomic E-state index is 11.6. The average Bonchev–Trinajstić information content (AvgIpc) is 2.57. The molecule has 0 aliphatic rings. The van der Waals surface area contributed by atoms with Crippen LogP contribution in [0.4, 0.5) is 4.79 Å². The Labute approximate surface area is 163 Å². The summed E-state index contributed by atoms with van der Waals surface area (Å²) in [6, 6.07) is 12.3. The predicted molar refractivity (Wildman–Crippen MR) is 105 cm³/mol. The molecule has 0 fully saturated rings. The standard InChI is InChI=1S/C20H23ClN2O4/c1-20(2,3)27-19(25)23-8-9-26-15-11-13(10-14(12-15)18(22)24)16-6-4-5-7-17(16)21/h4-7,10-12H,8-9H2,1-3H3,(H2,22,24)(H,23,25). The fraction of sp³-hybridized carbons (Fsp3) is 0.300. The number of ether oxygens (including phenoxy) is 2. The first kappa shape index (κ1) is 20.6. The van der Waals surface area contributed by atoms with Crippen molar-refractivity contribution < 1.29 is 19.1 Å². The normalized spacial score (nSPS) is 11.0. The number of hydrogen-bond donors (Lipinski definition) is 2. The summed E-state index contributed by atoms with van der Waals surface area (Å²) >= 11 is 6.24. The van der Waals surface area contributed by atoms with Gasteiger partial charge in [0, 0.05) is 16.1 Å². The summed E-state index contributed by atoms with van der Waals surface area (Å²) in [5.41, 5.74) is 6.64. The van der Waals surface area contributed by atoms with E-state index in [1.54, 1.807) is 45.0 Å². The minimum atomic E-state index is -0.569. The van der Waals surface area contributed by atoms with E-state index in [1.165, 1.54) is 0 Å².